The Labute approximate surface area is 153 Å². The fourth-order valence-electron chi connectivity index (χ4n) is 2.36. The first-order valence-corrected chi connectivity index (χ1v) is 8.30. The fraction of sp³-hybridized carbons (Fsp3) is 0.300. The predicted octanol–water partition coefficient (Wildman–Crippen LogP) is 3.51. The van der Waals surface area contributed by atoms with Crippen molar-refractivity contribution in [1.29, 1.82) is 0 Å². The number of aryl methyl sites for hydroxylation is 1. The van der Waals surface area contributed by atoms with Gasteiger partial charge in [0.25, 0.3) is 5.91 Å². The van der Waals surface area contributed by atoms with Crippen LogP contribution in [0.1, 0.15) is 28.4 Å². The van der Waals surface area contributed by atoms with E-state index in [-0.39, 0.29) is 12.2 Å². The van der Waals surface area contributed by atoms with Crippen molar-refractivity contribution in [3.8, 4) is 11.5 Å². The molecule has 0 radical (unpaired) electrons. The van der Waals surface area contributed by atoms with Crippen LogP contribution in [-0.4, -0.2) is 32.2 Å². The van der Waals surface area contributed by atoms with E-state index in [1.165, 1.54) is 13.2 Å². The van der Waals surface area contributed by atoms with Gasteiger partial charge in [0.2, 0.25) is 0 Å². The molecule has 6 heteroatoms. The number of hydrogen-bond donors (Lipinski definition) is 1. The van der Waals surface area contributed by atoms with E-state index in [4.69, 9.17) is 14.2 Å². The second-order valence-electron chi connectivity index (χ2n) is 5.67. The highest BCUT2D eigenvalue weighted by Gasteiger charge is 2.14. The van der Waals surface area contributed by atoms with Gasteiger partial charge in [0.1, 0.15) is 0 Å². The summed E-state index contributed by atoms with van der Waals surface area (Å²) in [6.45, 7) is 5.78. The summed E-state index contributed by atoms with van der Waals surface area (Å²) in [6, 6.07) is 10.3. The van der Waals surface area contributed by atoms with Crippen LogP contribution in [0.15, 0.2) is 36.4 Å². The number of benzene rings is 2. The van der Waals surface area contributed by atoms with Crippen LogP contribution in [0.2, 0.25) is 0 Å². The van der Waals surface area contributed by atoms with Crippen molar-refractivity contribution in [3.63, 3.8) is 0 Å². The molecule has 138 valence electrons. The van der Waals surface area contributed by atoms with Gasteiger partial charge in [0.05, 0.1) is 19.3 Å². The van der Waals surface area contributed by atoms with Crippen molar-refractivity contribution in [1.82, 2.24) is 0 Å². The van der Waals surface area contributed by atoms with Crippen LogP contribution < -0.4 is 14.8 Å². The molecule has 2 aromatic rings. The third kappa shape index (κ3) is 4.75. The number of hydrogen-bond acceptors (Lipinski definition) is 5. The summed E-state index contributed by atoms with van der Waals surface area (Å²) in [5, 5.41) is 2.75. The third-order valence-electron chi connectivity index (χ3n) is 3.91. The molecule has 0 fully saturated rings. The lowest BCUT2D eigenvalue weighted by molar-refractivity contribution is -0.119. The zero-order valence-corrected chi connectivity index (χ0v) is 15.4. The summed E-state index contributed by atoms with van der Waals surface area (Å²) in [4.78, 5) is 24.2. The number of nitrogens with one attached hydrogen (secondary N) is 1. The number of amides is 1. The number of ether oxygens (including phenoxy) is 3. The second-order valence-corrected chi connectivity index (χ2v) is 5.67. The standard InChI is InChI=1S/C20H23NO5/c1-5-25-18-11-15(9-10-17(18)24-4)20(23)26-12-19(22)21-16-8-6-7-13(2)14(16)3/h6-11H,5,12H2,1-4H3,(H,21,22). The molecular formula is C20H23NO5. The molecule has 0 bridgehead atoms. The maximum atomic E-state index is 12.2. The quantitative estimate of drug-likeness (QED) is 0.768. The highest BCUT2D eigenvalue weighted by molar-refractivity contribution is 5.96. The maximum Gasteiger partial charge on any atom is 0.338 e. The van der Waals surface area contributed by atoms with Crippen molar-refractivity contribution in [2.45, 2.75) is 20.8 Å². The van der Waals surface area contributed by atoms with Gasteiger partial charge >= 0.3 is 5.97 Å². The van der Waals surface area contributed by atoms with Gasteiger partial charge in [-0.1, -0.05) is 12.1 Å². The van der Waals surface area contributed by atoms with Gasteiger partial charge < -0.3 is 19.5 Å². The first-order valence-electron chi connectivity index (χ1n) is 8.30. The number of rotatable bonds is 7. The number of methoxy groups -OCH3 is 1. The highest BCUT2D eigenvalue weighted by atomic mass is 16.5. The lowest BCUT2D eigenvalue weighted by atomic mass is 10.1. The fourth-order valence-corrected chi connectivity index (χ4v) is 2.36. The van der Waals surface area contributed by atoms with Gasteiger partial charge in [0, 0.05) is 5.69 Å². The van der Waals surface area contributed by atoms with Gasteiger partial charge in [-0.3, -0.25) is 4.79 Å². The van der Waals surface area contributed by atoms with Gasteiger partial charge in [-0.05, 0) is 56.2 Å². The second kappa shape index (κ2) is 8.89. The van der Waals surface area contributed by atoms with Gasteiger partial charge in [0.15, 0.2) is 18.1 Å². The van der Waals surface area contributed by atoms with E-state index in [1.54, 1.807) is 18.2 Å². The Balaban J connectivity index is 1.98. The molecule has 0 aliphatic heterocycles. The molecule has 0 aliphatic carbocycles. The van der Waals surface area contributed by atoms with Crippen LogP contribution in [0.4, 0.5) is 5.69 Å². The van der Waals surface area contributed by atoms with Gasteiger partial charge in [-0.2, -0.15) is 0 Å². The minimum Gasteiger partial charge on any atom is -0.493 e. The van der Waals surface area contributed by atoms with E-state index in [0.29, 0.717) is 23.8 Å². The van der Waals surface area contributed by atoms with Gasteiger partial charge in [-0.25, -0.2) is 4.79 Å². The van der Waals surface area contributed by atoms with Gasteiger partial charge in [-0.15, -0.1) is 0 Å². The van der Waals surface area contributed by atoms with Crippen LogP contribution in [0, 0.1) is 13.8 Å². The molecule has 6 nitrogen and oxygen atoms in total. The first-order chi connectivity index (χ1) is 12.5. The zero-order valence-electron chi connectivity index (χ0n) is 15.4. The molecule has 0 spiro atoms. The summed E-state index contributed by atoms with van der Waals surface area (Å²) in [5.74, 6) is -0.0318. The molecule has 0 unspecified atom stereocenters. The summed E-state index contributed by atoms with van der Waals surface area (Å²) < 4.78 is 15.7. The van der Waals surface area contributed by atoms with Crippen molar-refractivity contribution in [2.75, 3.05) is 25.6 Å². The van der Waals surface area contributed by atoms with Crippen molar-refractivity contribution < 1.29 is 23.8 Å². The molecule has 0 aliphatic rings. The Kier molecular flexibility index (Phi) is 6.60. The molecule has 26 heavy (non-hydrogen) atoms. The van der Waals surface area contributed by atoms with E-state index in [0.717, 1.165) is 11.1 Å². The van der Waals surface area contributed by atoms with Crippen LogP contribution in [-0.2, 0) is 9.53 Å². The average molecular weight is 357 g/mol. The van der Waals surface area contributed by atoms with E-state index >= 15 is 0 Å². The lowest BCUT2D eigenvalue weighted by Crippen LogP contribution is -2.21. The summed E-state index contributed by atoms with van der Waals surface area (Å²) in [5.41, 5.74) is 3.04. The predicted molar refractivity (Wildman–Crippen MR) is 99.0 cm³/mol. The minimum absolute atomic E-state index is 0.286. The molecule has 0 saturated carbocycles. The van der Waals surface area contributed by atoms with Crippen molar-refractivity contribution >= 4 is 17.6 Å². The van der Waals surface area contributed by atoms with E-state index < -0.39 is 11.9 Å². The highest BCUT2D eigenvalue weighted by Crippen LogP contribution is 2.28. The van der Waals surface area contributed by atoms with E-state index in [9.17, 15) is 9.59 Å². The van der Waals surface area contributed by atoms with E-state index in [2.05, 4.69) is 5.32 Å². The van der Waals surface area contributed by atoms with Crippen molar-refractivity contribution in [3.05, 3.63) is 53.1 Å². The lowest BCUT2D eigenvalue weighted by Gasteiger charge is -2.12. The number of esters is 1. The summed E-state index contributed by atoms with van der Waals surface area (Å²) >= 11 is 0. The third-order valence-corrected chi connectivity index (χ3v) is 3.91. The molecular weight excluding hydrogens is 334 g/mol. The molecule has 1 N–H and O–H groups in total. The van der Waals surface area contributed by atoms with Crippen LogP contribution in [0.5, 0.6) is 11.5 Å². The topological polar surface area (TPSA) is 73.9 Å². The average Bonchev–Trinajstić information content (AvgIpc) is 2.63. The van der Waals surface area contributed by atoms with Crippen LogP contribution in [0.25, 0.3) is 0 Å². The molecule has 0 saturated heterocycles. The Morgan fingerprint density at radius 2 is 1.85 bits per heavy atom. The number of carbonyl (C=O) groups excluding carboxylic acids is 2. The molecule has 0 atom stereocenters. The number of anilines is 1. The Hall–Kier alpha value is -3.02. The molecule has 2 aromatic carbocycles. The minimum atomic E-state index is -0.607. The summed E-state index contributed by atoms with van der Waals surface area (Å²) in [6.07, 6.45) is 0. The SMILES string of the molecule is CCOc1cc(C(=O)OCC(=O)Nc2cccc(C)c2C)ccc1OC. The smallest absolute Gasteiger partial charge is 0.338 e. The maximum absolute atomic E-state index is 12.2. The largest absolute Gasteiger partial charge is 0.493 e. The summed E-state index contributed by atoms with van der Waals surface area (Å²) in [7, 11) is 1.52. The molecule has 1 amide bonds. The first kappa shape index (κ1) is 19.3. The Morgan fingerprint density at radius 1 is 1.08 bits per heavy atom. The van der Waals surface area contributed by atoms with E-state index in [1.807, 2.05) is 32.9 Å². The molecule has 0 heterocycles. The molecule has 0 aromatic heterocycles. The molecule has 2 rings (SSSR count). The number of carbonyl (C=O) groups is 2. The van der Waals surface area contributed by atoms with Crippen molar-refractivity contribution in [2.24, 2.45) is 0 Å². The van der Waals surface area contributed by atoms with Crippen LogP contribution >= 0.6 is 0 Å². The zero-order chi connectivity index (χ0) is 19.1. The Morgan fingerprint density at radius 3 is 2.54 bits per heavy atom. The van der Waals surface area contributed by atoms with Crippen LogP contribution in [0.3, 0.4) is 0 Å². The monoisotopic (exact) mass is 357 g/mol. The normalized spacial score (nSPS) is 10.2. The Bertz CT molecular complexity index is 801.